The topological polar surface area (TPSA) is 109 Å². The molecular formula is C13H18N4O4. The average Bonchev–Trinajstić information content (AvgIpc) is 2.46. The number of hydrogen-bond acceptors (Lipinski definition) is 5. The van der Waals surface area contributed by atoms with Gasteiger partial charge in [0.05, 0.1) is 4.92 Å². The molecule has 1 aliphatic rings. The number of nitrogens with zero attached hydrogens (tertiary/aromatic N) is 3. The van der Waals surface area contributed by atoms with E-state index in [1.54, 1.807) is 6.07 Å². The SMILES string of the molecule is CCC1C[C@H](NC(=O)O)CN(c2ccncc2[N+](=O)[O-])C1. The van der Waals surface area contributed by atoms with Gasteiger partial charge in [-0.1, -0.05) is 13.3 Å². The Kier molecular flexibility index (Phi) is 4.56. The van der Waals surface area contributed by atoms with Crippen LogP contribution in [0.4, 0.5) is 16.2 Å². The molecule has 1 fully saturated rings. The summed E-state index contributed by atoms with van der Waals surface area (Å²) in [6.45, 7) is 3.14. The Hall–Kier alpha value is -2.38. The number of carboxylic acid groups (broad SMARTS) is 1. The predicted octanol–water partition coefficient (Wildman–Crippen LogP) is 1.86. The Balaban J connectivity index is 2.25. The highest BCUT2D eigenvalue weighted by atomic mass is 16.6. The van der Waals surface area contributed by atoms with Gasteiger partial charge in [-0.15, -0.1) is 0 Å². The van der Waals surface area contributed by atoms with Gasteiger partial charge in [0.15, 0.2) is 0 Å². The molecule has 0 aromatic carbocycles. The summed E-state index contributed by atoms with van der Waals surface area (Å²) in [4.78, 5) is 27.1. The lowest BCUT2D eigenvalue weighted by Crippen LogP contribution is -2.50. The van der Waals surface area contributed by atoms with E-state index in [2.05, 4.69) is 10.3 Å². The quantitative estimate of drug-likeness (QED) is 0.648. The summed E-state index contributed by atoms with van der Waals surface area (Å²) in [5.41, 5.74) is 0.439. The standard InChI is InChI=1S/C13H18N4O4/c1-2-9-5-10(15-13(18)19)8-16(7-9)11-3-4-14-6-12(11)17(20)21/h3-4,6,9-10,15H,2,5,7-8H2,1H3,(H,18,19)/t9?,10-/m0/s1. The summed E-state index contributed by atoms with van der Waals surface area (Å²) in [6.07, 6.45) is 3.31. The number of carbonyl (C=O) groups is 1. The Labute approximate surface area is 121 Å². The van der Waals surface area contributed by atoms with E-state index in [4.69, 9.17) is 5.11 Å². The number of hydrogen-bond donors (Lipinski definition) is 2. The Morgan fingerprint density at radius 3 is 3.00 bits per heavy atom. The van der Waals surface area contributed by atoms with Gasteiger partial charge in [0.2, 0.25) is 0 Å². The van der Waals surface area contributed by atoms with Crippen molar-refractivity contribution >= 4 is 17.5 Å². The van der Waals surface area contributed by atoms with Crippen molar-refractivity contribution in [1.82, 2.24) is 10.3 Å². The first kappa shape index (κ1) is 15.0. The second kappa shape index (κ2) is 6.38. The molecule has 1 saturated heterocycles. The molecule has 114 valence electrons. The zero-order valence-corrected chi connectivity index (χ0v) is 11.7. The molecule has 0 radical (unpaired) electrons. The van der Waals surface area contributed by atoms with Crippen LogP contribution in [0.15, 0.2) is 18.5 Å². The third-order valence-electron chi connectivity index (χ3n) is 3.76. The number of nitrogens with one attached hydrogen (secondary N) is 1. The largest absolute Gasteiger partial charge is 0.465 e. The molecular weight excluding hydrogens is 276 g/mol. The average molecular weight is 294 g/mol. The lowest BCUT2D eigenvalue weighted by molar-refractivity contribution is -0.384. The Morgan fingerprint density at radius 1 is 1.62 bits per heavy atom. The molecule has 1 unspecified atom stereocenters. The molecule has 2 heterocycles. The fraction of sp³-hybridized carbons (Fsp3) is 0.538. The summed E-state index contributed by atoms with van der Waals surface area (Å²) in [7, 11) is 0. The molecule has 1 aromatic rings. The van der Waals surface area contributed by atoms with Crippen molar-refractivity contribution in [3.05, 3.63) is 28.6 Å². The van der Waals surface area contributed by atoms with E-state index < -0.39 is 11.0 Å². The van der Waals surface area contributed by atoms with Gasteiger partial charge in [-0.3, -0.25) is 15.1 Å². The van der Waals surface area contributed by atoms with E-state index in [1.165, 1.54) is 12.4 Å². The Bertz CT molecular complexity index is 537. The van der Waals surface area contributed by atoms with Gasteiger partial charge >= 0.3 is 11.8 Å². The van der Waals surface area contributed by atoms with Crippen molar-refractivity contribution in [2.75, 3.05) is 18.0 Å². The van der Waals surface area contributed by atoms with Gasteiger partial charge in [-0.2, -0.15) is 0 Å². The van der Waals surface area contributed by atoms with E-state index in [0.29, 0.717) is 24.7 Å². The maximum Gasteiger partial charge on any atom is 0.404 e. The Morgan fingerprint density at radius 2 is 2.38 bits per heavy atom. The van der Waals surface area contributed by atoms with E-state index in [1.807, 2.05) is 11.8 Å². The first-order valence-corrected chi connectivity index (χ1v) is 6.84. The van der Waals surface area contributed by atoms with Crippen LogP contribution in [-0.4, -0.2) is 40.2 Å². The van der Waals surface area contributed by atoms with Crippen LogP contribution < -0.4 is 10.2 Å². The number of amides is 1. The fourth-order valence-corrected chi connectivity index (χ4v) is 2.76. The molecule has 0 spiro atoms. The van der Waals surface area contributed by atoms with E-state index in [0.717, 1.165) is 12.8 Å². The second-order valence-electron chi connectivity index (χ2n) is 5.18. The molecule has 0 bridgehead atoms. The van der Waals surface area contributed by atoms with Gasteiger partial charge in [0.1, 0.15) is 11.9 Å². The zero-order valence-electron chi connectivity index (χ0n) is 11.7. The molecule has 1 aliphatic heterocycles. The van der Waals surface area contributed by atoms with Crippen LogP contribution in [0.3, 0.4) is 0 Å². The first-order valence-electron chi connectivity index (χ1n) is 6.84. The third kappa shape index (κ3) is 3.59. The minimum Gasteiger partial charge on any atom is -0.465 e. The number of piperidine rings is 1. The maximum atomic E-state index is 11.1. The number of pyridine rings is 1. The fourth-order valence-electron chi connectivity index (χ4n) is 2.76. The van der Waals surface area contributed by atoms with Crippen molar-refractivity contribution in [3.8, 4) is 0 Å². The number of nitro groups is 1. The minimum atomic E-state index is -1.07. The van der Waals surface area contributed by atoms with Crippen LogP contribution in [0, 0.1) is 16.0 Å². The zero-order chi connectivity index (χ0) is 15.4. The highest BCUT2D eigenvalue weighted by molar-refractivity contribution is 5.66. The van der Waals surface area contributed by atoms with Crippen molar-refractivity contribution in [1.29, 1.82) is 0 Å². The molecule has 21 heavy (non-hydrogen) atoms. The number of rotatable bonds is 4. The van der Waals surface area contributed by atoms with Gasteiger partial charge in [-0.05, 0) is 18.4 Å². The minimum absolute atomic E-state index is 0.0525. The smallest absolute Gasteiger partial charge is 0.404 e. The molecule has 2 rings (SSSR count). The predicted molar refractivity (Wildman–Crippen MR) is 76.5 cm³/mol. The number of anilines is 1. The van der Waals surface area contributed by atoms with Crippen molar-refractivity contribution in [2.24, 2.45) is 5.92 Å². The summed E-state index contributed by atoms with van der Waals surface area (Å²) < 4.78 is 0. The molecule has 2 atom stereocenters. The van der Waals surface area contributed by atoms with E-state index in [-0.39, 0.29) is 11.7 Å². The van der Waals surface area contributed by atoms with Crippen molar-refractivity contribution in [3.63, 3.8) is 0 Å². The molecule has 0 saturated carbocycles. The summed E-state index contributed by atoms with van der Waals surface area (Å²) >= 11 is 0. The number of aromatic nitrogens is 1. The monoisotopic (exact) mass is 294 g/mol. The van der Waals surface area contributed by atoms with Gasteiger partial charge < -0.3 is 15.3 Å². The van der Waals surface area contributed by atoms with E-state index in [9.17, 15) is 14.9 Å². The van der Waals surface area contributed by atoms with Crippen LogP contribution in [-0.2, 0) is 0 Å². The first-order chi connectivity index (χ1) is 10.0. The van der Waals surface area contributed by atoms with Crippen molar-refractivity contribution in [2.45, 2.75) is 25.8 Å². The van der Waals surface area contributed by atoms with Crippen molar-refractivity contribution < 1.29 is 14.8 Å². The maximum absolute atomic E-state index is 11.1. The molecule has 2 N–H and O–H groups in total. The summed E-state index contributed by atoms with van der Waals surface area (Å²) in [5, 5.41) is 22.5. The van der Waals surface area contributed by atoms with Gasteiger partial charge in [0.25, 0.3) is 0 Å². The van der Waals surface area contributed by atoms with Crippen LogP contribution in [0.5, 0.6) is 0 Å². The molecule has 8 heteroatoms. The lowest BCUT2D eigenvalue weighted by Gasteiger charge is -2.38. The molecule has 1 amide bonds. The van der Waals surface area contributed by atoms with Gasteiger partial charge in [-0.25, -0.2) is 4.79 Å². The van der Waals surface area contributed by atoms with Crippen LogP contribution in [0.1, 0.15) is 19.8 Å². The molecule has 1 aromatic heterocycles. The second-order valence-corrected chi connectivity index (χ2v) is 5.18. The van der Waals surface area contributed by atoms with Gasteiger partial charge in [0, 0.05) is 25.3 Å². The van der Waals surface area contributed by atoms with Crippen LogP contribution in [0.25, 0.3) is 0 Å². The third-order valence-corrected chi connectivity index (χ3v) is 3.76. The molecule has 0 aliphatic carbocycles. The lowest BCUT2D eigenvalue weighted by atomic mass is 9.91. The highest BCUT2D eigenvalue weighted by Crippen LogP contribution is 2.31. The highest BCUT2D eigenvalue weighted by Gasteiger charge is 2.30. The summed E-state index contributed by atoms with van der Waals surface area (Å²) in [5.74, 6) is 0.295. The molecule has 8 nitrogen and oxygen atoms in total. The summed E-state index contributed by atoms with van der Waals surface area (Å²) in [6, 6.07) is 1.38. The normalized spacial score (nSPS) is 21.9. The van der Waals surface area contributed by atoms with E-state index >= 15 is 0 Å². The van der Waals surface area contributed by atoms with Crippen LogP contribution in [0.2, 0.25) is 0 Å². The van der Waals surface area contributed by atoms with Crippen LogP contribution >= 0.6 is 0 Å².